The van der Waals surface area contributed by atoms with Crippen molar-refractivity contribution in [2.75, 3.05) is 5.32 Å². The molecule has 1 amide bonds. The van der Waals surface area contributed by atoms with Crippen LogP contribution in [0.1, 0.15) is 15.9 Å². The van der Waals surface area contributed by atoms with Crippen LogP contribution >= 0.6 is 0 Å². The lowest BCUT2D eigenvalue weighted by Crippen LogP contribution is -2.11. The quantitative estimate of drug-likeness (QED) is 0.786. The van der Waals surface area contributed by atoms with Gasteiger partial charge in [0, 0.05) is 11.1 Å². The summed E-state index contributed by atoms with van der Waals surface area (Å²) in [6.07, 6.45) is -4.41. The lowest BCUT2D eigenvalue weighted by Gasteiger charge is -2.05. The first kappa shape index (κ1) is 15.7. The van der Waals surface area contributed by atoms with Gasteiger partial charge in [0.25, 0.3) is 5.91 Å². The molecular formula is C16H10F3N3O2. The zero-order chi connectivity index (χ0) is 17.2. The molecule has 0 bridgehead atoms. The number of hydrogen-bond donors (Lipinski definition) is 1. The summed E-state index contributed by atoms with van der Waals surface area (Å²) in [6, 6.07) is 12.5. The van der Waals surface area contributed by atoms with Crippen molar-refractivity contribution in [3.63, 3.8) is 0 Å². The van der Waals surface area contributed by atoms with E-state index in [4.69, 9.17) is 4.42 Å². The summed E-state index contributed by atoms with van der Waals surface area (Å²) in [4.78, 5) is 12.0. The molecule has 0 aliphatic heterocycles. The van der Waals surface area contributed by atoms with E-state index in [0.717, 1.165) is 12.1 Å². The molecule has 0 spiro atoms. The van der Waals surface area contributed by atoms with Gasteiger partial charge in [-0.15, -0.1) is 5.10 Å². The molecule has 0 aliphatic carbocycles. The number of rotatable bonds is 3. The van der Waals surface area contributed by atoms with Crippen LogP contribution in [-0.4, -0.2) is 16.1 Å². The highest BCUT2D eigenvalue weighted by Crippen LogP contribution is 2.30. The fourth-order valence-electron chi connectivity index (χ4n) is 1.95. The molecule has 2 aromatic carbocycles. The summed E-state index contributed by atoms with van der Waals surface area (Å²) in [5.74, 6) is -0.426. The molecular weight excluding hydrogens is 323 g/mol. The number of aromatic nitrogens is 2. The molecule has 0 saturated carbocycles. The fourth-order valence-corrected chi connectivity index (χ4v) is 1.95. The van der Waals surface area contributed by atoms with Gasteiger partial charge in [-0.2, -0.15) is 13.2 Å². The van der Waals surface area contributed by atoms with Crippen LogP contribution in [0.5, 0.6) is 0 Å². The fraction of sp³-hybridized carbons (Fsp3) is 0.0625. The van der Waals surface area contributed by atoms with Crippen LogP contribution in [0, 0.1) is 0 Å². The molecule has 5 nitrogen and oxygen atoms in total. The van der Waals surface area contributed by atoms with E-state index < -0.39 is 17.6 Å². The van der Waals surface area contributed by atoms with Gasteiger partial charge in [-0.25, -0.2) is 0 Å². The van der Waals surface area contributed by atoms with Gasteiger partial charge in [0.1, 0.15) is 0 Å². The molecule has 0 aliphatic rings. The van der Waals surface area contributed by atoms with Crippen LogP contribution in [0.25, 0.3) is 11.5 Å². The van der Waals surface area contributed by atoms with Gasteiger partial charge in [0.15, 0.2) is 0 Å². The maximum absolute atomic E-state index is 12.5. The number of amides is 1. The Labute approximate surface area is 134 Å². The Balaban J connectivity index is 1.75. The molecule has 0 atom stereocenters. The largest absolute Gasteiger partial charge is 0.416 e. The Morgan fingerprint density at radius 3 is 2.25 bits per heavy atom. The van der Waals surface area contributed by atoms with Gasteiger partial charge < -0.3 is 4.42 Å². The second-order valence-electron chi connectivity index (χ2n) is 4.81. The molecule has 8 heteroatoms. The molecule has 122 valence electrons. The molecule has 0 unspecified atom stereocenters. The minimum absolute atomic E-state index is 0.00656. The second-order valence-corrected chi connectivity index (χ2v) is 4.81. The minimum atomic E-state index is -4.41. The average molecular weight is 333 g/mol. The van der Waals surface area contributed by atoms with E-state index in [1.807, 2.05) is 0 Å². The van der Waals surface area contributed by atoms with E-state index in [-0.39, 0.29) is 11.9 Å². The maximum atomic E-state index is 12.5. The third kappa shape index (κ3) is 3.43. The van der Waals surface area contributed by atoms with Crippen LogP contribution in [-0.2, 0) is 6.18 Å². The predicted octanol–water partition coefficient (Wildman–Crippen LogP) is 4.01. The summed E-state index contributed by atoms with van der Waals surface area (Å²) in [6.45, 7) is 0. The molecule has 1 N–H and O–H groups in total. The Hall–Kier alpha value is -3.16. The number of benzene rings is 2. The molecule has 1 heterocycles. The number of nitrogens with one attached hydrogen (secondary N) is 1. The highest BCUT2D eigenvalue weighted by Gasteiger charge is 2.30. The summed E-state index contributed by atoms with van der Waals surface area (Å²) in [5.41, 5.74) is -0.0501. The van der Waals surface area contributed by atoms with Crippen LogP contribution in [0.3, 0.4) is 0 Å². The normalized spacial score (nSPS) is 11.3. The van der Waals surface area contributed by atoms with Gasteiger partial charge in [0.2, 0.25) is 5.89 Å². The average Bonchev–Trinajstić information content (AvgIpc) is 3.03. The van der Waals surface area contributed by atoms with Gasteiger partial charge in [0.05, 0.1) is 5.56 Å². The van der Waals surface area contributed by atoms with E-state index in [0.29, 0.717) is 11.1 Å². The SMILES string of the molecule is O=C(Nc1nnc(-c2ccc(C(F)(F)F)cc2)o1)c1ccccc1. The zero-order valence-electron chi connectivity index (χ0n) is 12.0. The molecule has 0 saturated heterocycles. The summed E-state index contributed by atoms with van der Waals surface area (Å²) in [5, 5.41) is 9.80. The van der Waals surface area contributed by atoms with Crippen molar-refractivity contribution in [1.82, 2.24) is 10.2 Å². The molecule has 24 heavy (non-hydrogen) atoms. The van der Waals surface area contributed by atoms with Crippen molar-refractivity contribution in [3.8, 4) is 11.5 Å². The van der Waals surface area contributed by atoms with Crippen molar-refractivity contribution < 1.29 is 22.4 Å². The maximum Gasteiger partial charge on any atom is 0.416 e. The summed E-state index contributed by atoms with van der Waals surface area (Å²) < 4.78 is 42.8. The number of carbonyl (C=O) groups is 1. The van der Waals surface area contributed by atoms with E-state index >= 15 is 0 Å². The topological polar surface area (TPSA) is 68.0 Å². The van der Waals surface area contributed by atoms with Gasteiger partial charge in [-0.05, 0) is 36.4 Å². The number of carbonyl (C=O) groups excluding carboxylic acids is 1. The second kappa shape index (κ2) is 6.15. The predicted molar refractivity (Wildman–Crippen MR) is 79.1 cm³/mol. The van der Waals surface area contributed by atoms with Gasteiger partial charge >= 0.3 is 12.2 Å². The van der Waals surface area contributed by atoms with Crippen LogP contribution < -0.4 is 5.32 Å². The van der Waals surface area contributed by atoms with Crippen LogP contribution in [0.15, 0.2) is 59.0 Å². The van der Waals surface area contributed by atoms with Crippen molar-refractivity contribution in [3.05, 3.63) is 65.7 Å². The molecule has 0 fully saturated rings. The Bertz CT molecular complexity index is 843. The zero-order valence-corrected chi connectivity index (χ0v) is 12.0. The number of nitrogens with zero attached hydrogens (tertiary/aromatic N) is 2. The molecule has 1 aromatic heterocycles. The lowest BCUT2D eigenvalue weighted by atomic mass is 10.1. The van der Waals surface area contributed by atoms with Gasteiger partial charge in [-0.1, -0.05) is 23.3 Å². The standard InChI is InChI=1S/C16H10F3N3O2/c17-16(18,19)12-8-6-11(7-9-12)14-21-22-15(24-14)20-13(23)10-4-2-1-3-5-10/h1-9H,(H,20,22,23). The summed E-state index contributed by atoms with van der Waals surface area (Å²) >= 11 is 0. The van der Waals surface area contributed by atoms with Crippen LogP contribution in [0.4, 0.5) is 19.2 Å². The highest BCUT2D eigenvalue weighted by molar-refractivity contribution is 6.03. The van der Waals surface area contributed by atoms with E-state index in [2.05, 4.69) is 15.5 Å². The van der Waals surface area contributed by atoms with Crippen molar-refractivity contribution >= 4 is 11.9 Å². The lowest BCUT2D eigenvalue weighted by molar-refractivity contribution is -0.137. The number of halogens is 3. The van der Waals surface area contributed by atoms with Crippen LogP contribution in [0.2, 0.25) is 0 Å². The number of anilines is 1. The minimum Gasteiger partial charge on any atom is -0.403 e. The third-order valence-electron chi connectivity index (χ3n) is 3.14. The van der Waals surface area contributed by atoms with E-state index in [9.17, 15) is 18.0 Å². The van der Waals surface area contributed by atoms with Gasteiger partial charge in [-0.3, -0.25) is 10.1 Å². The number of hydrogen-bond acceptors (Lipinski definition) is 4. The van der Waals surface area contributed by atoms with E-state index in [1.54, 1.807) is 30.3 Å². The molecule has 3 aromatic rings. The highest BCUT2D eigenvalue weighted by atomic mass is 19.4. The Kier molecular flexibility index (Phi) is 4.03. The molecule has 3 rings (SSSR count). The Morgan fingerprint density at radius 2 is 1.62 bits per heavy atom. The molecule has 0 radical (unpaired) electrons. The first-order valence-corrected chi connectivity index (χ1v) is 6.81. The van der Waals surface area contributed by atoms with E-state index in [1.165, 1.54) is 12.1 Å². The number of alkyl halides is 3. The summed E-state index contributed by atoms with van der Waals surface area (Å²) in [7, 11) is 0. The van der Waals surface area contributed by atoms with Crippen molar-refractivity contribution in [2.45, 2.75) is 6.18 Å². The van der Waals surface area contributed by atoms with Crippen molar-refractivity contribution in [1.29, 1.82) is 0 Å². The first-order chi connectivity index (χ1) is 11.4. The third-order valence-corrected chi connectivity index (χ3v) is 3.14. The Morgan fingerprint density at radius 1 is 0.958 bits per heavy atom. The first-order valence-electron chi connectivity index (χ1n) is 6.81. The monoisotopic (exact) mass is 333 g/mol. The van der Waals surface area contributed by atoms with Crippen molar-refractivity contribution in [2.24, 2.45) is 0 Å². The smallest absolute Gasteiger partial charge is 0.403 e.